The monoisotopic (exact) mass is 402 g/mol. The van der Waals surface area contributed by atoms with Gasteiger partial charge in [-0.2, -0.15) is 0 Å². The Bertz CT molecular complexity index is 726. The molecule has 2 fully saturated rings. The van der Waals surface area contributed by atoms with E-state index in [0.717, 1.165) is 17.4 Å². The fourth-order valence-corrected chi connectivity index (χ4v) is 3.94. The van der Waals surface area contributed by atoms with E-state index < -0.39 is 5.60 Å². The number of nitrogens with zero attached hydrogens (tertiary/aromatic N) is 1. The number of rotatable bonds is 5. The number of benzene rings is 1. The number of carbonyl (C=O) groups excluding carboxylic acids is 1. The van der Waals surface area contributed by atoms with Gasteiger partial charge in [-0.15, -0.1) is 0 Å². The molecular formula is C22H35BN2O4. The first-order chi connectivity index (χ1) is 13.3. The van der Waals surface area contributed by atoms with E-state index in [2.05, 4.69) is 5.32 Å². The van der Waals surface area contributed by atoms with Crippen molar-refractivity contribution >= 4 is 18.6 Å². The Morgan fingerprint density at radius 3 is 2.24 bits per heavy atom. The van der Waals surface area contributed by atoms with Crippen molar-refractivity contribution < 1.29 is 19.2 Å². The van der Waals surface area contributed by atoms with E-state index >= 15 is 0 Å². The minimum Gasteiger partial charge on any atom is -0.399 e. The van der Waals surface area contributed by atoms with Crippen LogP contribution in [0.15, 0.2) is 24.3 Å². The van der Waals surface area contributed by atoms with Gasteiger partial charge in [-0.1, -0.05) is 24.3 Å². The molecule has 3 rings (SSSR count). The van der Waals surface area contributed by atoms with Gasteiger partial charge in [0.2, 0.25) is 0 Å². The van der Waals surface area contributed by atoms with Gasteiger partial charge < -0.3 is 24.6 Å². The number of urea groups is 1. The standard InChI is InChI=1S/C22H35BN2O4/c1-15(25-13-12-18(24-19(25)26)14-20(2,3)27)16-8-10-17(11-9-16)23-28-21(4,5)22(6,7)29-23/h8-11,15,18,27H,12-14H2,1-7H3,(H,24,26). The largest absolute Gasteiger partial charge is 0.494 e. The molecule has 0 spiro atoms. The zero-order valence-corrected chi connectivity index (χ0v) is 18.8. The number of aliphatic hydroxyl groups is 1. The zero-order valence-electron chi connectivity index (χ0n) is 18.8. The Morgan fingerprint density at radius 1 is 1.21 bits per heavy atom. The maximum Gasteiger partial charge on any atom is 0.494 e. The van der Waals surface area contributed by atoms with Gasteiger partial charge in [0.05, 0.1) is 22.8 Å². The average Bonchev–Trinajstić information content (AvgIpc) is 2.81. The molecule has 6 nitrogen and oxygen atoms in total. The minimum atomic E-state index is -0.783. The molecule has 2 amide bonds. The molecule has 7 heteroatoms. The van der Waals surface area contributed by atoms with E-state index in [4.69, 9.17) is 9.31 Å². The third kappa shape index (κ3) is 4.78. The molecule has 0 aliphatic carbocycles. The Morgan fingerprint density at radius 2 is 1.76 bits per heavy atom. The molecular weight excluding hydrogens is 367 g/mol. The maximum atomic E-state index is 12.6. The lowest BCUT2D eigenvalue weighted by atomic mass is 9.78. The highest BCUT2D eigenvalue weighted by atomic mass is 16.7. The quantitative estimate of drug-likeness (QED) is 0.743. The normalized spacial score (nSPS) is 25.1. The van der Waals surface area contributed by atoms with E-state index in [-0.39, 0.29) is 36.4 Å². The Kier molecular flexibility index (Phi) is 5.80. The first-order valence-corrected chi connectivity index (χ1v) is 10.5. The van der Waals surface area contributed by atoms with E-state index in [9.17, 15) is 9.90 Å². The molecule has 2 heterocycles. The molecule has 2 aliphatic rings. The predicted octanol–water partition coefficient (Wildman–Crippen LogP) is 2.99. The summed E-state index contributed by atoms with van der Waals surface area (Å²) in [5.74, 6) is 0. The highest BCUT2D eigenvalue weighted by Gasteiger charge is 2.51. The van der Waals surface area contributed by atoms with Crippen LogP contribution in [0.4, 0.5) is 4.79 Å². The molecule has 160 valence electrons. The zero-order chi connectivity index (χ0) is 21.6. The van der Waals surface area contributed by atoms with Crippen molar-refractivity contribution in [3.05, 3.63) is 29.8 Å². The van der Waals surface area contributed by atoms with Crippen molar-refractivity contribution in [3.8, 4) is 0 Å². The summed E-state index contributed by atoms with van der Waals surface area (Å²) in [4.78, 5) is 14.5. The first-order valence-electron chi connectivity index (χ1n) is 10.5. The first kappa shape index (κ1) is 22.1. The molecule has 0 aromatic heterocycles. The van der Waals surface area contributed by atoms with E-state index in [0.29, 0.717) is 13.0 Å². The fourth-order valence-electron chi connectivity index (χ4n) is 3.94. The highest BCUT2D eigenvalue weighted by Crippen LogP contribution is 2.36. The van der Waals surface area contributed by atoms with Crippen molar-refractivity contribution in [1.29, 1.82) is 0 Å². The lowest BCUT2D eigenvalue weighted by Gasteiger charge is -2.38. The van der Waals surface area contributed by atoms with Crippen LogP contribution in [0.3, 0.4) is 0 Å². The molecule has 0 saturated carbocycles. The van der Waals surface area contributed by atoms with Crippen LogP contribution >= 0.6 is 0 Å². The van der Waals surface area contributed by atoms with Crippen LogP contribution in [0.25, 0.3) is 0 Å². The second-order valence-electron chi connectivity index (χ2n) is 10.1. The van der Waals surface area contributed by atoms with Crippen LogP contribution in [0.1, 0.15) is 72.9 Å². The predicted molar refractivity (Wildman–Crippen MR) is 115 cm³/mol. The molecule has 1 aromatic carbocycles. The Hall–Kier alpha value is -1.57. The van der Waals surface area contributed by atoms with Gasteiger partial charge in [0, 0.05) is 12.6 Å². The Labute approximate surface area is 175 Å². The van der Waals surface area contributed by atoms with Crippen molar-refractivity contribution in [2.75, 3.05) is 6.54 Å². The fraction of sp³-hybridized carbons (Fsp3) is 0.682. The van der Waals surface area contributed by atoms with Crippen LogP contribution in [-0.2, 0) is 9.31 Å². The summed E-state index contributed by atoms with van der Waals surface area (Å²) in [5.41, 5.74) is 0.536. The molecule has 0 radical (unpaired) electrons. The molecule has 0 bridgehead atoms. The van der Waals surface area contributed by atoms with Crippen molar-refractivity contribution in [2.45, 2.75) is 90.2 Å². The topological polar surface area (TPSA) is 71.0 Å². The number of nitrogens with one attached hydrogen (secondary N) is 1. The molecule has 29 heavy (non-hydrogen) atoms. The summed E-state index contributed by atoms with van der Waals surface area (Å²) in [5, 5.41) is 13.0. The third-order valence-electron chi connectivity index (χ3n) is 6.46. The molecule has 2 N–H and O–H groups in total. The summed E-state index contributed by atoms with van der Waals surface area (Å²) in [6.45, 7) is 14.4. The van der Waals surface area contributed by atoms with E-state index in [1.165, 1.54) is 0 Å². The van der Waals surface area contributed by atoms with E-state index in [1.54, 1.807) is 13.8 Å². The minimum absolute atomic E-state index is 0.0108. The van der Waals surface area contributed by atoms with Crippen molar-refractivity contribution in [2.24, 2.45) is 0 Å². The summed E-state index contributed by atoms with van der Waals surface area (Å²) in [6, 6.07) is 8.03. The van der Waals surface area contributed by atoms with Gasteiger partial charge in [-0.05, 0) is 72.3 Å². The van der Waals surface area contributed by atoms with Gasteiger partial charge in [0.25, 0.3) is 0 Å². The van der Waals surface area contributed by atoms with Crippen LogP contribution in [0.5, 0.6) is 0 Å². The maximum absolute atomic E-state index is 12.6. The van der Waals surface area contributed by atoms with Crippen molar-refractivity contribution in [3.63, 3.8) is 0 Å². The summed E-state index contributed by atoms with van der Waals surface area (Å²) >= 11 is 0. The van der Waals surface area contributed by atoms with Crippen LogP contribution in [0, 0.1) is 0 Å². The van der Waals surface area contributed by atoms with Crippen LogP contribution < -0.4 is 10.8 Å². The number of amides is 2. The summed E-state index contributed by atoms with van der Waals surface area (Å²) in [6.07, 6.45) is 1.38. The number of carbonyl (C=O) groups is 1. The van der Waals surface area contributed by atoms with Crippen LogP contribution in [-0.4, -0.2) is 52.5 Å². The Balaban J connectivity index is 1.64. The average molecular weight is 402 g/mol. The molecule has 2 unspecified atom stereocenters. The molecule has 2 aliphatic heterocycles. The SMILES string of the molecule is CC(c1ccc(B2OC(C)(C)C(C)(C)O2)cc1)N1CCC(CC(C)(C)O)NC1=O. The number of hydrogen-bond donors (Lipinski definition) is 2. The van der Waals surface area contributed by atoms with Gasteiger partial charge in [-0.3, -0.25) is 0 Å². The third-order valence-corrected chi connectivity index (χ3v) is 6.46. The van der Waals surface area contributed by atoms with Crippen LogP contribution in [0.2, 0.25) is 0 Å². The highest BCUT2D eigenvalue weighted by molar-refractivity contribution is 6.62. The smallest absolute Gasteiger partial charge is 0.399 e. The van der Waals surface area contributed by atoms with E-state index in [1.807, 2.05) is 63.8 Å². The molecule has 2 atom stereocenters. The molecule has 1 aromatic rings. The van der Waals surface area contributed by atoms with Gasteiger partial charge in [0.1, 0.15) is 0 Å². The summed E-state index contributed by atoms with van der Waals surface area (Å²) < 4.78 is 12.2. The van der Waals surface area contributed by atoms with Crippen molar-refractivity contribution in [1.82, 2.24) is 10.2 Å². The van der Waals surface area contributed by atoms with Gasteiger partial charge in [0.15, 0.2) is 0 Å². The number of hydrogen-bond acceptors (Lipinski definition) is 4. The lowest BCUT2D eigenvalue weighted by Crippen LogP contribution is -2.53. The lowest BCUT2D eigenvalue weighted by molar-refractivity contribution is 0.00578. The molecule has 2 saturated heterocycles. The second-order valence-corrected chi connectivity index (χ2v) is 10.1. The second kappa shape index (κ2) is 7.60. The van der Waals surface area contributed by atoms with Gasteiger partial charge >= 0.3 is 13.1 Å². The van der Waals surface area contributed by atoms with Gasteiger partial charge in [-0.25, -0.2) is 4.79 Å². The summed E-state index contributed by atoms with van der Waals surface area (Å²) in [7, 11) is -0.384.